The molecule has 1 aromatic heterocycles. The number of pyridine rings is 1. The fourth-order valence-electron chi connectivity index (χ4n) is 1.67. The largest absolute Gasteiger partial charge is 0.507 e. The molecule has 0 fully saturated rings. The van der Waals surface area contributed by atoms with Crippen LogP contribution in [0.2, 0.25) is 15.1 Å². The van der Waals surface area contributed by atoms with Gasteiger partial charge in [-0.3, -0.25) is 4.79 Å². The standard InChI is InChI=1S/C15H11Cl3N2O4/c1-7(14(22)20-13-11(18)5-9(17)6-19-13)24-15(23)10-4-8(16)2-3-12(10)21/h2-7,21H,1H3,(H,19,20,22)/t7-/m0/s1. The number of benzene rings is 1. The molecule has 0 unspecified atom stereocenters. The van der Waals surface area contributed by atoms with Gasteiger partial charge in [0, 0.05) is 11.2 Å². The zero-order valence-corrected chi connectivity index (χ0v) is 14.5. The number of rotatable bonds is 4. The van der Waals surface area contributed by atoms with Gasteiger partial charge in [0.25, 0.3) is 5.91 Å². The van der Waals surface area contributed by atoms with E-state index in [1.807, 2.05) is 0 Å². The van der Waals surface area contributed by atoms with Crippen LogP contribution in [0.3, 0.4) is 0 Å². The SMILES string of the molecule is C[C@H](OC(=O)c1cc(Cl)ccc1O)C(=O)Nc1ncc(Cl)cc1Cl. The molecule has 0 spiro atoms. The average molecular weight is 390 g/mol. The molecule has 126 valence electrons. The van der Waals surface area contributed by atoms with Crippen molar-refractivity contribution in [2.24, 2.45) is 0 Å². The fraction of sp³-hybridized carbons (Fsp3) is 0.133. The van der Waals surface area contributed by atoms with Gasteiger partial charge in [-0.05, 0) is 31.2 Å². The van der Waals surface area contributed by atoms with Crippen molar-refractivity contribution < 1.29 is 19.4 Å². The van der Waals surface area contributed by atoms with Gasteiger partial charge < -0.3 is 15.2 Å². The smallest absolute Gasteiger partial charge is 0.342 e. The maximum atomic E-state index is 12.1. The molecular weight excluding hydrogens is 379 g/mol. The first-order valence-electron chi connectivity index (χ1n) is 6.59. The van der Waals surface area contributed by atoms with Crippen molar-refractivity contribution in [1.29, 1.82) is 0 Å². The molecule has 9 heteroatoms. The molecular formula is C15H11Cl3N2O4. The van der Waals surface area contributed by atoms with Gasteiger partial charge in [0.15, 0.2) is 11.9 Å². The Morgan fingerprint density at radius 3 is 2.58 bits per heavy atom. The number of phenolic OH excluding ortho intramolecular Hbond substituents is 1. The highest BCUT2D eigenvalue weighted by atomic mass is 35.5. The summed E-state index contributed by atoms with van der Waals surface area (Å²) in [4.78, 5) is 27.9. The van der Waals surface area contributed by atoms with E-state index in [4.69, 9.17) is 39.5 Å². The Labute approximate surface area is 152 Å². The van der Waals surface area contributed by atoms with E-state index < -0.39 is 18.0 Å². The van der Waals surface area contributed by atoms with Crippen molar-refractivity contribution in [3.8, 4) is 5.75 Å². The summed E-state index contributed by atoms with van der Waals surface area (Å²) in [7, 11) is 0. The molecule has 0 aliphatic rings. The molecule has 0 radical (unpaired) electrons. The lowest BCUT2D eigenvalue weighted by atomic mass is 10.2. The lowest BCUT2D eigenvalue weighted by Gasteiger charge is -2.14. The van der Waals surface area contributed by atoms with Crippen LogP contribution in [-0.4, -0.2) is 28.1 Å². The van der Waals surface area contributed by atoms with E-state index in [1.54, 1.807) is 0 Å². The molecule has 0 bridgehead atoms. The Bertz CT molecular complexity index is 798. The minimum atomic E-state index is -1.16. The van der Waals surface area contributed by atoms with Gasteiger partial charge in [0.05, 0.1) is 10.0 Å². The lowest BCUT2D eigenvalue weighted by molar-refractivity contribution is -0.123. The molecule has 2 N–H and O–H groups in total. The highest BCUT2D eigenvalue weighted by molar-refractivity contribution is 6.36. The number of halogens is 3. The van der Waals surface area contributed by atoms with Gasteiger partial charge in [0.1, 0.15) is 11.3 Å². The Hall–Kier alpha value is -2.02. The number of ether oxygens (including phenoxy) is 1. The maximum Gasteiger partial charge on any atom is 0.342 e. The van der Waals surface area contributed by atoms with E-state index >= 15 is 0 Å². The first-order valence-corrected chi connectivity index (χ1v) is 7.72. The summed E-state index contributed by atoms with van der Waals surface area (Å²) in [6.07, 6.45) is 0.147. The molecule has 2 aromatic rings. The Kier molecular flexibility index (Phi) is 5.88. The number of esters is 1. The summed E-state index contributed by atoms with van der Waals surface area (Å²) in [5.41, 5.74) is -0.148. The number of aromatic hydroxyl groups is 1. The number of nitrogens with zero attached hydrogens (tertiary/aromatic N) is 1. The topological polar surface area (TPSA) is 88.5 Å². The molecule has 0 aliphatic heterocycles. The Morgan fingerprint density at radius 2 is 1.92 bits per heavy atom. The molecule has 0 aliphatic carbocycles. The molecule has 0 saturated carbocycles. The molecule has 24 heavy (non-hydrogen) atoms. The average Bonchev–Trinajstić information content (AvgIpc) is 2.52. The van der Waals surface area contributed by atoms with Crippen LogP contribution in [0.25, 0.3) is 0 Å². The molecule has 1 heterocycles. The molecule has 6 nitrogen and oxygen atoms in total. The van der Waals surface area contributed by atoms with E-state index in [0.29, 0.717) is 5.02 Å². The highest BCUT2D eigenvalue weighted by Crippen LogP contribution is 2.24. The van der Waals surface area contributed by atoms with Crippen LogP contribution >= 0.6 is 34.8 Å². The van der Waals surface area contributed by atoms with Crippen molar-refractivity contribution in [1.82, 2.24) is 4.98 Å². The predicted molar refractivity (Wildman–Crippen MR) is 90.9 cm³/mol. The van der Waals surface area contributed by atoms with Gasteiger partial charge in [-0.2, -0.15) is 0 Å². The molecule has 1 atom stereocenters. The Balaban J connectivity index is 2.05. The number of amides is 1. The minimum absolute atomic E-state index is 0.0829. The fourth-order valence-corrected chi connectivity index (χ4v) is 2.27. The van der Waals surface area contributed by atoms with Gasteiger partial charge >= 0.3 is 5.97 Å². The van der Waals surface area contributed by atoms with E-state index in [-0.39, 0.29) is 27.2 Å². The second-order valence-corrected chi connectivity index (χ2v) is 5.96. The number of phenols is 1. The molecule has 1 aromatic carbocycles. The number of anilines is 1. The third kappa shape index (κ3) is 4.50. The number of carbonyl (C=O) groups excluding carboxylic acids is 2. The number of carbonyl (C=O) groups is 2. The first-order chi connectivity index (χ1) is 11.3. The number of nitrogens with one attached hydrogen (secondary N) is 1. The molecule has 1 amide bonds. The van der Waals surface area contributed by atoms with Crippen LogP contribution in [0.15, 0.2) is 30.5 Å². The van der Waals surface area contributed by atoms with Crippen LogP contribution in [0.1, 0.15) is 17.3 Å². The summed E-state index contributed by atoms with van der Waals surface area (Å²) in [5, 5.41) is 12.8. The predicted octanol–water partition coefficient (Wildman–Crippen LogP) is 3.93. The second-order valence-electron chi connectivity index (χ2n) is 4.68. The number of hydrogen-bond acceptors (Lipinski definition) is 5. The van der Waals surface area contributed by atoms with E-state index in [1.165, 1.54) is 37.4 Å². The van der Waals surface area contributed by atoms with Crippen molar-refractivity contribution in [2.75, 3.05) is 5.32 Å². The van der Waals surface area contributed by atoms with Gasteiger partial charge in [-0.1, -0.05) is 34.8 Å². The quantitative estimate of drug-likeness (QED) is 0.773. The Morgan fingerprint density at radius 1 is 1.21 bits per heavy atom. The van der Waals surface area contributed by atoms with Gasteiger partial charge in [-0.15, -0.1) is 0 Å². The third-order valence-electron chi connectivity index (χ3n) is 2.88. The summed E-state index contributed by atoms with van der Waals surface area (Å²) in [5.74, 6) is -1.77. The van der Waals surface area contributed by atoms with Crippen LogP contribution in [0, 0.1) is 0 Å². The lowest BCUT2D eigenvalue weighted by Crippen LogP contribution is -2.30. The van der Waals surface area contributed by atoms with E-state index in [0.717, 1.165) is 0 Å². The zero-order valence-electron chi connectivity index (χ0n) is 12.2. The minimum Gasteiger partial charge on any atom is -0.507 e. The first kappa shape index (κ1) is 18.3. The third-order valence-corrected chi connectivity index (χ3v) is 3.61. The van der Waals surface area contributed by atoms with Crippen molar-refractivity contribution in [2.45, 2.75) is 13.0 Å². The van der Waals surface area contributed by atoms with Gasteiger partial charge in [-0.25, -0.2) is 9.78 Å². The van der Waals surface area contributed by atoms with Crippen molar-refractivity contribution in [3.63, 3.8) is 0 Å². The summed E-state index contributed by atoms with van der Waals surface area (Å²) >= 11 is 17.4. The van der Waals surface area contributed by atoms with Crippen LogP contribution in [0.5, 0.6) is 5.75 Å². The molecule has 0 saturated heterocycles. The summed E-state index contributed by atoms with van der Waals surface area (Å²) < 4.78 is 5.00. The normalized spacial score (nSPS) is 11.7. The van der Waals surface area contributed by atoms with Crippen LogP contribution in [-0.2, 0) is 9.53 Å². The summed E-state index contributed by atoms with van der Waals surface area (Å²) in [6.45, 7) is 1.36. The second kappa shape index (κ2) is 7.70. The molecule has 2 rings (SSSR count). The van der Waals surface area contributed by atoms with Crippen molar-refractivity contribution >= 4 is 52.5 Å². The highest BCUT2D eigenvalue weighted by Gasteiger charge is 2.22. The monoisotopic (exact) mass is 388 g/mol. The summed E-state index contributed by atoms with van der Waals surface area (Å²) in [6, 6.07) is 5.31. The van der Waals surface area contributed by atoms with Crippen LogP contribution in [0.4, 0.5) is 5.82 Å². The van der Waals surface area contributed by atoms with Crippen molar-refractivity contribution in [3.05, 3.63) is 51.1 Å². The zero-order chi connectivity index (χ0) is 17.9. The van der Waals surface area contributed by atoms with Gasteiger partial charge in [0.2, 0.25) is 0 Å². The maximum absolute atomic E-state index is 12.1. The number of aromatic nitrogens is 1. The van der Waals surface area contributed by atoms with Crippen LogP contribution < -0.4 is 5.32 Å². The van der Waals surface area contributed by atoms with E-state index in [2.05, 4.69) is 10.3 Å². The number of hydrogen-bond donors (Lipinski definition) is 2. The van der Waals surface area contributed by atoms with E-state index in [9.17, 15) is 14.7 Å².